The number of rotatable bonds is 4. The zero-order valence-electron chi connectivity index (χ0n) is 16.7. The summed E-state index contributed by atoms with van der Waals surface area (Å²) in [7, 11) is 0. The SMILES string of the molecule is Cl.Clc1ccccc1CN1CCc2sc3c(c2C1)CN(Cc1ccccc1Cl)CC3. The molecule has 0 bridgehead atoms. The van der Waals surface area contributed by atoms with Crippen LogP contribution in [-0.2, 0) is 39.0 Å². The molecule has 30 heavy (non-hydrogen) atoms. The fourth-order valence-electron chi connectivity index (χ4n) is 4.51. The van der Waals surface area contributed by atoms with Gasteiger partial charge in [0.25, 0.3) is 0 Å². The number of halogens is 3. The molecule has 1 aromatic heterocycles. The molecular weight excluding hydrogens is 455 g/mol. The lowest BCUT2D eigenvalue weighted by Crippen LogP contribution is -2.32. The smallest absolute Gasteiger partial charge is 0.0451 e. The van der Waals surface area contributed by atoms with Crippen molar-refractivity contribution in [3.63, 3.8) is 0 Å². The summed E-state index contributed by atoms with van der Waals surface area (Å²) in [4.78, 5) is 8.29. The maximum Gasteiger partial charge on any atom is 0.0451 e. The molecule has 2 aromatic carbocycles. The van der Waals surface area contributed by atoms with Crippen LogP contribution in [0.4, 0.5) is 0 Å². The number of hydrogen-bond acceptors (Lipinski definition) is 3. The Bertz CT molecular complexity index is 953. The second-order valence-electron chi connectivity index (χ2n) is 8.01. The maximum atomic E-state index is 6.40. The van der Waals surface area contributed by atoms with E-state index in [1.165, 1.54) is 11.1 Å². The van der Waals surface area contributed by atoms with Gasteiger partial charge in [0.05, 0.1) is 0 Å². The van der Waals surface area contributed by atoms with Gasteiger partial charge in [0.1, 0.15) is 0 Å². The van der Waals surface area contributed by atoms with Gasteiger partial charge in [-0.25, -0.2) is 0 Å². The zero-order valence-corrected chi connectivity index (χ0v) is 19.9. The molecule has 2 aliphatic heterocycles. The van der Waals surface area contributed by atoms with E-state index in [0.29, 0.717) is 0 Å². The van der Waals surface area contributed by atoms with Gasteiger partial charge in [-0.05, 0) is 47.2 Å². The van der Waals surface area contributed by atoms with Gasteiger partial charge in [0, 0.05) is 59.1 Å². The van der Waals surface area contributed by atoms with E-state index in [-0.39, 0.29) is 12.4 Å². The minimum absolute atomic E-state index is 0. The Hall–Kier alpha value is -1.07. The van der Waals surface area contributed by atoms with E-state index in [4.69, 9.17) is 23.2 Å². The molecule has 0 atom stereocenters. The molecule has 2 aliphatic rings. The van der Waals surface area contributed by atoms with E-state index >= 15 is 0 Å². The Morgan fingerprint density at radius 3 is 1.57 bits per heavy atom. The second kappa shape index (κ2) is 9.60. The average molecular weight is 480 g/mol. The largest absolute Gasteiger partial charge is 0.294 e. The Morgan fingerprint density at radius 2 is 1.13 bits per heavy atom. The Balaban J connectivity index is 0.00000218. The molecule has 2 nitrogen and oxygen atoms in total. The third-order valence-electron chi connectivity index (χ3n) is 6.06. The number of hydrogen-bond donors (Lipinski definition) is 0. The molecule has 3 aromatic rings. The molecule has 158 valence electrons. The molecule has 6 heteroatoms. The van der Waals surface area contributed by atoms with Crippen molar-refractivity contribution in [3.05, 3.63) is 90.6 Å². The number of fused-ring (bicyclic) bond motifs is 3. The summed E-state index contributed by atoms with van der Waals surface area (Å²) < 4.78 is 0. The number of thiophene rings is 1. The van der Waals surface area contributed by atoms with Crippen molar-refractivity contribution in [1.29, 1.82) is 0 Å². The van der Waals surface area contributed by atoms with Gasteiger partial charge >= 0.3 is 0 Å². The van der Waals surface area contributed by atoms with E-state index in [9.17, 15) is 0 Å². The first-order chi connectivity index (χ1) is 14.2. The van der Waals surface area contributed by atoms with Crippen LogP contribution in [0.25, 0.3) is 0 Å². The van der Waals surface area contributed by atoms with Gasteiger partial charge in [-0.15, -0.1) is 23.7 Å². The molecule has 0 saturated carbocycles. The molecule has 0 fully saturated rings. The van der Waals surface area contributed by atoms with Crippen molar-refractivity contribution in [2.75, 3.05) is 13.1 Å². The summed E-state index contributed by atoms with van der Waals surface area (Å²) in [6.07, 6.45) is 2.31. The molecule has 0 radical (unpaired) electrons. The van der Waals surface area contributed by atoms with Gasteiger partial charge < -0.3 is 0 Å². The van der Waals surface area contributed by atoms with Crippen molar-refractivity contribution in [3.8, 4) is 0 Å². The summed E-state index contributed by atoms with van der Waals surface area (Å²) in [6.45, 7) is 6.14. The minimum atomic E-state index is 0. The van der Waals surface area contributed by atoms with Crippen LogP contribution in [0.3, 0.4) is 0 Å². The van der Waals surface area contributed by atoms with Crippen molar-refractivity contribution in [2.45, 2.75) is 39.0 Å². The summed E-state index contributed by atoms with van der Waals surface area (Å²) >= 11 is 14.9. The Labute approximate surface area is 198 Å². The van der Waals surface area contributed by atoms with E-state index in [0.717, 1.165) is 62.2 Å². The lowest BCUT2D eigenvalue weighted by atomic mass is 9.98. The molecular formula is C24H25Cl3N2S. The summed E-state index contributed by atoms with van der Waals surface area (Å²) in [5.41, 5.74) is 5.60. The van der Waals surface area contributed by atoms with Crippen molar-refractivity contribution in [1.82, 2.24) is 9.80 Å². The van der Waals surface area contributed by atoms with Crippen molar-refractivity contribution in [2.24, 2.45) is 0 Å². The predicted molar refractivity (Wildman–Crippen MR) is 130 cm³/mol. The Morgan fingerprint density at radius 1 is 0.700 bits per heavy atom. The summed E-state index contributed by atoms with van der Waals surface area (Å²) in [6, 6.07) is 16.4. The highest BCUT2D eigenvalue weighted by Gasteiger charge is 2.28. The van der Waals surface area contributed by atoms with Crippen LogP contribution in [0.1, 0.15) is 32.0 Å². The summed E-state index contributed by atoms with van der Waals surface area (Å²) in [5, 5.41) is 1.74. The van der Waals surface area contributed by atoms with Crippen LogP contribution in [-0.4, -0.2) is 22.9 Å². The van der Waals surface area contributed by atoms with Gasteiger partial charge in [-0.1, -0.05) is 59.6 Å². The standard InChI is InChI=1S/C24H24Cl2N2S.ClH/c25-21-7-3-1-5-17(21)13-27-11-9-23-19(15-27)20-16-28(12-10-24(20)29-23)14-18-6-2-4-8-22(18)26;/h1-8H,9-16H2;1H. The third kappa shape index (κ3) is 4.57. The topological polar surface area (TPSA) is 6.48 Å². The first kappa shape index (κ1) is 22.1. The molecule has 0 N–H and O–H groups in total. The van der Waals surface area contributed by atoms with E-state index in [2.05, 4.69) is 45.4 Å². The maximum absolute atomic E-state index is 6.40. The molecule has 0 aliphatic carbocycles. The highest BCUT2D eigenvalue weighted by molar-refractivity contribution is 7.12. The quantitative estimate of drug-likeness (QED) is 0.416. The van der Waals surface area contributed by atoms with Crippen LogP contribution >= 0.6 is 46.9 Å². The first-order valence-electron chi connectivity index (χ1n) is 10.2. The molecule has 0 saturated heterocycles. The normalized spacial score (nSPS) is 16.6. The van der Waals surface area contributed by atoms with Crippen LogP contribution in [0, 0.1) is 0 Å². The van der Waals surface area contributed by atoms with Gasteiger partial charge in [-0.3, -0.25) is 9.80 Å². The first-order valence-corrected chi connectivity index (χ1v) is 11.8. The van der Waals surface area contributed by atoms with Gasteiger partial charge in [0.15, 0.2) is 0 Å². The molecule has 0 amide bonds. The van der Waals surface area contributed by atoms with Crippen LogP contribution in [0.5, 0.6) is 0 Å². The lowest BCUT2D eigenvalue weighted by molar-refractivity contribution is 0.231. The monoisotopic (exact) mass is 478 g/mol. The fourth-order valence-corrected chi connectivity index (χ4v) is 6.21. The van der Waals surface area contributed by atoms with Crippen molar-refractivity contribution < 1.29 is 0 Å². The predicted octanol–water partition coefficient (Wildman–Crippen LogP) is 6.59. The molecule has 5 rings (SSSR count). The second-order valence-corrected chi connectivity index (χ2v) is 10.0. The molecule has 0 spiro atoms. The lowest BCUT2D eigenvalue weighted by Gasteiger charge is -2.31. The minimum Gasteiger partial charge on any atom is -0.294 e. The Kier molecular flexibility index (Phi) is 7.08. The molecule has 3 heterocycles. The van der Waals surface area contributed by atoms with E-state index in [1.54, 1.807) is 20.9 Å². The highest BCUT2D eigenvalue weighted by Crippen LogP contribution is 2.37. The summed E-state index contributed by atoms with van der Waals surface area (Å²) in [5.74, 6) is 0. The number of nitrogens with zero attached hydrogens (tertiary/aromatic N) is 2. The van der Waals surface area contributed by atoms with Gasteiger partial charge in [0.2, 0.25) is 0 Å². The van der Waals surface area contributed by atoms with Crippen molar-refractivity contribution >= 4 is 46.9 Å². The van der Waals surface area contributed by atoms with E-state index in [1.807, 2.05) is 24.3 Å². The average Bonchev–Trinajstić information content (AvgIpc) is 3.09. The van der Waals surface area contributed by atoms with Crippen LogP contribution < -0.4 is 0 Å². The highest BCUT2D eigenvalue weighted by atomic mass is 35.5. The third-order valence-corrected chi connectivity index (χ3v) is 8.19. The fraction of sp³-hybridized carbons (Fsp3) is 0.333. The molecule has 0 unspecified atom stereocenters. The van der Waals surface area contributed by atoms with Gasteiger partial charge in [-0.2, -0.15) is 0 Å². The zero-order chi connectivity index (χ0) is 19.8. The van der Waals surface area contributed by atoms with E-state index < -0.39 is 0 Å². The van der Waals surface area contributed by atoms with Crippen LogP contribution in [0.15, 0.2) is 48.5 Å². The van der Waals surface area contributed by atoms with Crippen LogP contribution in [0.2, 0.25) is 10.0 Å². The number of benzene rings is 2.